The van der Waals surface area contributed by atoms with Crippen LogP contribution in [0.1, 0.15) is 12.8 Å². The van der Waals surface area contributed by atoms with Crippen LogP contribution in [0.2, 0.25) is 0 Å². The minimum Gasteiger partial charge on any atom is -0.330 e. The molecule has 0 aliphatic carbocycles. The Morgan fingerprint density at radius 2 is 1.88 bits per heavy atom. The van der Waals surface area contributed by atoms with E-state index >= 15 is 0 Å². The van der Waals surface area contributed by atoms with Crippen molar-refractivity contribution in [2.45, 2.75) is 19.0 Å². The van der Waals surface area contributed by atoms with Gasteiger partial charge in [0.15, 0.2) is 0 Å². The number of anilines is 1. The summed E-state index contributed by atoms with van der Waals surface area (Å²) < 4.78 is 37.6. The van der Waals surface area contributed by atoms with Gasteiger partial charge in [0.25, 0.3) is 0 Å². The highest BCUT2D eigenvalue weighted by atomic mass is 19.4. The summed E-state index contributed by atoms with van der Waals surface area (Å²) in [7, 11) is 0. The molecule has 1 aromatic rings. The molecule has 94 valence electrons. The van der Waals surface area contributed by atoms with E-state index in [9.17, 15) is 13.2 Å². The second-order valence-electron chi connectivity index (χ2n) is 3.43. The number of nitrogens with zero attached hydrogens (tertiary/aromatic N) is 1. The highest BCUT2D eigenvalue weighted by molar-refractivity contribution is 5.90. The molecular formula is C11H14F3N3. The van der Waals surface area contributed by atoms with E-state index in [1.54, 1.807) is 30.3 Å². The largest absolute Gasteiger partial charge is 0.431 e. The molecule has 3 nitrogen and oxygen atoms in total. The summed E-state index contributed by atoms with van der Waals surface area (Å²) in [5.74, 6) is 0. The van der Waals surface area contributed by atoms with E-state index in [-0.39, 0.29) is 19.4 Å². The van der Waals surface area contributed by atoms with Crippen molar-refractivity contribution in [3.63, 3.8) is 0 Å². The summed E-state index contributed by atoms with van der Waals surface area (Å²) in [4.78, 5) is 0. The van der Waals surface area contributed by atoms with Gasteiger partial charge in [-0.2, -0.15) is 18.3 Å². The van der Waals surface area contributed by atoms with Crippen LogP contribution in [-0.2, 0) is 0 Å². The van der Waals surface area contributed by atoms with Crippen LogP contribution in [0.25, 0.3) is 0 Å². The molecule has 0 fully saturated rings. The lowest BCUT2D eigenvalue weighted by atomic mass is 10.2. The predicted octanol–water partition coefficient (Wildman–Crippen LogP) is 2.76. The molecule has 0 aromatic heterocycles. The van der Waals surface area contributed by atoms with E-state index in [0.29, 0.717) is 5.69 Å². The van der Waals surface area contributed by atoms with Crippen molar-refractivity contribution in [2.75, 3.05) is 12.0 Å². The van der Waals surface area contributed by atoms with Gasteiger partial charge in [-0.05, 0) is 31.5 Å². The topological polar surface area (TPSA) is 50.4 Å². The van der Waals surface area contributed by atoms with Gasteiger partial charge in [-0.1, -0.05) is 18.2 Å². The first-order valence-electron chi connectivity index (χ1n) is 5.19. The molecule has 0 saturated heterocycles. The number of halogens is 3. The maximum absolute atomic E-state index is 12.5. The third kappa shape index (κ3) is 4.86. The number of nitrogens with one attached hydrogen (secondary N) is 1. The van der Waals surface area contributed by atoms with E-state index in [4.69, 9.17) is 5.73 Å². The molecule has 0 heterocycles. The molecule has 0 amide bonds. The highest BCUT2D eigenvalue weighted by Crippen LogP contribution is 2.20. The van der Waals surface area contributed by atoms with E-state index < -0.39 is 11.9 Å². The van der Waals surface area contributed by atoms with Crippen LogP contribution in [0.3, 0.4) is 0 Å². The molecule has 0 spiro atoms. The SMILES string of the molecule is NCCCC(=NNc1ccccc1)C(F)(F)F. The van der Waals surface area contributed by atoms with Crippen LogP contribution in [0.15, 0.2) is 35.4 Å². The standard InChI is InChI=1S/C11H14F3N3/c12-11(13,14)10(7-4-8-15)17-16-9-5-2-1-3-6-9/h1-3,5-6,16H,4,7-8,15H2. The fourth-order valence-electron chi connectivity index (χ4n) is 1.18. The van der Waals surface area contributed by atoms with Crippen LogP contribution in [0.4, 0.5) is 18.9 Å². The number of benzene rings is 1. The predicted molar refractivity (Wildman–Crippen MR) is 61.8 cm³/mol. The van der Waals surface area contributed by atoms with Gasteiger partial charge < -0.3 is 5.73 Å². The first kappa shape index (κ1) is 13.5. The fraction of sp³-hybridized carbons (Fsp3) is 0.364. The summed E-state index contributed by atoms with van der Waals surface area (Å²) in [5, 5.41) is 3.39. The molecule has 0 unspecified atom stereocenters. The van der Waals surface area contributed by atoms with Crippen LogP contribution < -0.4 is 11.2 Å². The highest BCUT2D eigenvalue weighted by Gasteiger charge is 2.35. The molecule has 0 aliphatic rings. The lowest BCUT2D eigenvalue weighted by Crippen LogP contribution is -2.25. The molecular weight excluding hydrogens is 231 g/mol. The van der Waals surface area contributed by atoms with Gasteiger partial charge in [0.05, 0.1) is 5.69 Å². The fourth-order valence-corrected chi connectivity index (χ4v) is 1.18. The summed E-state index contributed by atoms with van der Waals surface area (Å²) in [6, 6.07) is 8.48. The zero-order chi connectivity index (χ0) is 12.7. The smallest absolute Gasteiger partial charge is 0.330 e. The normalized spacial score (nSPS) is 12.6. The molecule has 17 heavy (non-hydrogen) atoms. The van der Waals surface area contributed by atoms with Gasteiger partial charge in [0.2, 0.25) is 0 Å². The number of nitrogens with two attached hydrogens (primary N) is 1. The van der Waals surface area contributed by atoms with E-state index in [0.717, 1.165) is 0 Å². The van der Waals surface area contributed by atoms with Crippen molar-refractivity contribution < 1.29 is 13.2 Å². The van der Waals surface area contributed by atoms with Crippen molar-refractivity contribution in [1.82, 2.24) is 0 Å². The van der Waals surface area contributed by atoms with E-state index in [1.807, 2.05) is 0 Å². The Morgan fingerprint density at radius 1 is 1.24 bits per heavy atom. The second-order valence-corrected chi connectivity index (χ2v) is 3.43. The number of para-hydroxylation sites is 1. The number of alkyl halides is 3. The Labute approximate surface area is 97.5 Å². The van der Waals surface area contributed by atoms with Crippen LogP contribution in [0.5, 0.6) is 0 Å². The third-order valence-corrected chi connectivity index (χ3v) is 2.04. The van der Waals surface area contributed by atoms with Gasteiger partial charge >= 0.3 is 6.18 Å². The Kier molecular flexibility index (Phi) is 4.96. The van der Waals surface area contributed by atoms with Crippen LogP contribution in [-0.4, -0.2) is 18.4 Å². The van der Waals surface area contributed by atoms with Gasteiger partial charge in [0, 0.05) is 0 Å². The maximum atomic E-state index is 12.5. The molecule has 6 heteroatoms. The molecule has 0 bridgehead atoms. The van der Waals surface area contributed by atoms with Crippen molar-refractivity contribution >= 4 is 11.4 Å². The molecule has 3 N–H and O–H groups in total. The van der Waals surface area contributed by atoms with Crippen molar-refractivity contribution in [3.05, 3.63) is 30.3 Å². The lowest BCUT2D eigenvalue weighted by Gasteiger charge is -2.10. The summed E-state index contributed by atoms with van der Waals surface area (Å²) >= 11 is 0. The molecule has 0 radical (unpaired) electrons. The number of hydrogen-bond donors (Lipinski definition) is 2. The third-order valence-electron chi connectivity index (χ3n) is 2.04. The summed E-state index contributed by atoms with van der Waals surface area (Å²) in [5.41, 5.74) is 7.25. The maximum Gasteiger partial charge on any atom is 0.431 e. The molecule has 0 saturated carbocycles. The van der Waals surface area contributed by atoms with Crippen molar-refractivity contribution in [1.29, 1.82) is 0 Å². The average Bonchev–Trinajstić information content (AvgIpc) is 2.29. The lowest BCUT2D eigenvalue weighted by molar-refractivity contribution is -0.0606. The first-order chi connectivity index (χ1) is 8.04. The molecule has 0 aliphatic heterocycles. The Balaban J connectivity index is 2.70. The number of rotatable bonds is 5. The van der Waals surface area contributed by atoms with Crippen molar-refractivity contribution in [3.8, 4) is 0 Å². The van der Waals surface area contributed by atoms with Gasteiger partial charge in [0.1, 0.15) is 5.71 Å². The zero-order valence-electron chi connectivity index (χ0n) is 9.17. The Bertz CT molecular complexity index is 360. The quantitative estimate of drug-likeness (QED) is 0.619. The van der Waals surface area contributed by atoms with Crippen LogP contribution >= 0.6 is 0 Å². The molecule has 1 rings (SSSR count). The first-order valence-corrected chi connectivity index (χ1v) is 5.19. The number of hydrazone groups is 1. The minimum atomic E-state index is -4.42. The molecule has 0 atom stereocenters. The average molecular weight is 245 g/mol. The summed E-state index contributed by atoms with van der Waals surface area (Å²) in [6.07, 6.45) is -4.34. The second kappa shape index (κ2) is 6.24. The Hall–Kier alpha value is -1.56. The monoisotopic (exact) mass is 245 g/mol. The number of hydrogen-bond acceptors (Lipinski definition) is 3. The van der Waals surface area contributed by atoms with Gasteiger partial charge in [-0.15, -0.1) is 0 Å². The van der Waals surface area contributed by atoms with Crippen molar-refractivity contribution in [2.24, 2.45) is 10.8 Å². The van der Waals surface area contributed by atoms with Gasteiger partial charge in [-0.3, -0.25) is 5.43 Å². The van der Waals surface area contributed by atoms with E-state index in [2.05, 4.69) is 10.5 Å². The Morgan fingerprint density at radius 3 is 2.41 bits per heavy atom. The molecule has 1 aromatic carbocycles. The zero-order valence-corrected chi connectivity index (χ0v) is 9.17. The minimum absolute atomic E-state index is 0.181. The van der Waals surface area contributed by atoms with E-state index in [1.165, 1.54) is 0 Å². The van der Waals surface area contributed by atoms with Gasteiger partial charge in [-0.25, -0.2) is 0 Å². The van der Waals surface area contributed by atoms with Crippen LogP contribution in [0, 0.1) is 0 Å². The summed E-state index contributed by atoms with van der Waals surface area (Å²) in [6.45, 7) is 0.209.